The molecule has 1 heterocycles. The van der Waals surface area contributed by atoms with Crippen LogP contribution in [0, 0.1) is 20.8 Å². The molecule has 1 amide bonds. The van der Waals surface area contributed by atoms with E-state index in [0.29, 0.717) is 17.1 Å². The Hall–Kier alpha value is -1.78. The maximum Gasteiger partial charge on any atom is 0.342 e. The van der Waals surface area contributed by atoms with E-state index in [1.54, 1.807) is 20.8 Å². The van der Waals surface area contributed by atoms with Gasteiger partial charge in [-0.05, 0) is 27.7 Å². The zero-order chi connectivity index (χ0) is 12.5. The van der Waals surface area contributed by atoms with Gasteiger partial charge in [0, 0.05) is 5.56 Å². The zero-order valence-electron chi connectivity index (χ0n) is 9.79. The molecule has 0 aliphatic carbocycles. The molecule has 2 N–H and O–H groups in total. The average molecular weight is 225 g/mol. The first-order valence-electron chi connectivity index (χ1n) is 4.91. The highest BCUT2D eigenvalue weighted by Crippen LogP contribution is 2.21. The van der Waals surface area contributed by atoms with E-state index in [1.165, 1.54) is 6.92 Å². The Balaban J connectivity index is 2.93. The fourth-order valence-corrected chi connectivity index (χ4v) is 1.37. The molecule has 1 atom stereocenters. The number of primary amides is 1. The van der Waals surface area contributed by atoms with E-state index in [2.05, 4.69) is 0 Å². The molecule has 0 radical (unpaired) electrons. The molecule has 0 unspecified atom stereocenters. The van der Waals surface area contributed by atoms with Crippen molar-refractivity contribution in [1.29, 1.82) is 0 Å². The van der Waals surface area contributed by atoms with Crippen LogP contribution in [0.25, 0.3) is 0 Å². The van der Waals surface area contributed by atoms with Gasteiger partial charge < -0.3 is 14.9 Å². The van der Waals surface area contributed by atoms with Crippen molar-refractivity contribution in [2.24, 2.45) is 5.73 Å². The van der Waals surface area contributed by atoms with Crippen molar-refractivity contribution in [3.8, 4) is 0 Å². The predicted molar refractivity (Wildman–Crippen MR) is 57.0 cm³/mol. The summed E-state index contributed by atoms with van der Waals surface area (Å²) >= 11 is 0. The highest BCUT2D eigenvalue weighted by molar-refractivity contribution is 5.94. The van der Waals surface area contributed by atoms with E-state index in [-0.39, 0.29) is 0 Å². The Morgan fingerprint density at radius 1 is 1.25 bits per heavy atom. The van der Waals surface area contributed by atoms with E-state index < -0.39 is 18.0 Å². The van der Waals surface area contributed by atoms with Crippen LogP contribution in [-0.2, 0) is 9.53 Å². The molecule has 0 fully saturated rings. The second-order valence-corrected chi connectivity index (χ2v) is 3.66. The minimum absolute atomic E-state index is 0.366. The lowest BCUT2D eigenvalue weighted by Crippen LogP contribution is -2.30. The van der Waals surface area contributed by atoms with Crippen LogP contribution in [0.2, 0.25) is 0 Å². The van der Waals surface area contributed by atoms with Crippen LogP contribution in [0.15, 0.2) is 4.42 Å². The molecule has 5 nitrogen and oxygen atoms in total. The SMILES string of the molecule is Cc1oc(C)c(C(=O)O[C@H](C)C(N)=O)c1C. The van der Waals surface area contributed by atoms with Crippen LogP contribution in [0.5, 0.6) is 0 Å². The van der Waals surface area contributed by atoms with Crippen molar-refractivity contribution in [2.45, 2.75) is 33.8 Å². The third-order valence-corrected chi connectivity index (χ3v) is 2.45. The summed E-state index contributed by atoms with van der Waals surface area (Å²) in [5.74, 6) is -0.116. The highest BCUT2D eigenvalue weighted by atomic mass is 16.5. The number of aryl methyl sites for hydroxylation is 2. The summed E-state index contributed by atoms with van der Waals surface area (Å²) in [7, 11) is 0. The Kier molecular flexibility index (Phi) is 3.37. The molecule has 88 valence electrons. The number of esters is 1. The first kappa shape index (κ1) is 12.3. The Morgan fingerprint density at radius 2 is 1.81 bits per heavy atom. The predicted octanol–water partition coefficient (Wildman–Crippen LogP) is 1.24. The normalized spacial score (nSPS) is 12.2. The van der Waals surface area contributed by atoms with Gasteiger partial charge in [-0.15, -0.1) is 0 Å². The van der Waals surface area contributed by atoms with Crippen LogP contribution >= 0.6 is 0 Å². The third kappa shape index (κ3) is 2.24. The third-order valence-electron chi connectivity index (χ3n) is 2.45. The molecular weight excluding hydrogens is 210 g/mol. The molecule has 0 aliphatic heterocycles. The number of carbonyl (C=O) groups excluding carboxylic acids is 2. The second-order valence-electron chi connectivity index (χ2n) is 3.66. The molecule has 1 rings (SSSR count). The van der Waals surface area contributed by atoms with Crippen LogP contribution in [-0.4, -0.2) is 18.0 Å². The summed E-state index contributed by atoms with van der Waals surface area (Å²) in [6, 6.07) is 0. The van der Waals surface area contributed by atoms with Crippen LogP contribution < -0.4 is 5.73 Å². The quantitative estimate of drug-likeness (QED) is 0.784. The fraction of sp³-hybridized carbons (Fsp3) is 0.455. The molecule has 0 saturated carbocycles. The standard InChI is InChI=1S/C11H15NO4/c1-5-6(2)15-7(3)9(5)11(14)16-8(4)10(12)13/h8H,1-4H3,(H2,12,13)/t8-/m1/s1. The molecule has 0 saturated heterocycles. The van der Waals surface area contributed by atoms with Gasteiger partial charge >= 0.3 is 5.97 Å². The number of amides is 1. The molecule has 0 bridgehead atoms. The molecular formula is C11H15NO4. The van der Waals surface area contributed by atoms with Gasteiger partial charge in [0.25, 0.3) is 5.91 Å². The minimum Gasteiger partial charge on any atom is -0.465 e. The topological polar surface area (TPSA) is 82.5 Å². The van der Waals surface area contributed by atoms with E-state index >= 15 is 0 Å². The van der Waals surface area contributed by atoms with Gasteiger partial charge in [-0.25, -0.2) is 4.79 Å². The van der Waals surface area contributed by atoms with Gasteiger partial charge in [0.05, 0.1) is 0 Å². The van der Waals surface area contributed by atoms with E-state index in [4.69, 9.17) is 14.9 Å². The summed E-state index contributed by atoms with van der Waals surface area (Å²) in [5, 5.41) is 0. The highest BCUT2D eigenvalue weighted by Gasteiger charge is 2.23. The number of furan rings is 1. The van der Waals surface area contributed by atoms with Crippen molar-refractivity contribution in [1.82, 2.24) is 0 Å². The van der Waals surface area contributed by atoms with Crippen molar-refractivity contribution < 1.29 is 18.7 Å². The molecule has 0 aromatic carbocycles. The molecule has 16 heavy (non-hydrogen) atoms. The van der Waals surface area contributed by atoms with E-state index in [1.807, 2.05) is 0 Å². The number of hydrogen-bond acceptors (Lipinski definition) is 4. The summed E-state index contributed by atoms with van der Waals surface area (Å²) in [5.41, 5.74) is 6.09. The van der Waals surface area contributed by atoms with Gasteiger partial charge in [-0.2, -0.15) is 0 Å². The largest absolute Gasteiger partial charge is 0.465 e. The summed E-state index contributed by atoms with van der Waals surface area (Å²) < 4.78 is 10.2. The van der Waals surface area contributed by atoms with E-state index in [9.17, 15) is 9.59 Å². The summed E-state index contributed by atoms with van der Waals surface area (Å²) in [6.07, 6.45) is -0.943. The lowest BCUT2D eigenvalue weighted by atomic mass is 10.1. The zero-order valence-corrected chi connectivity index (χ0v) is 9.79. The monoisotopic (exact) mass is 225 g/mol. The van der Waals surface area contributed by atoms with Crippen LogP contribution in [0.1, 0.15) is 34.4 Å². The van der Waals surface area contributed by atoms with Gasteiger partial charge in [0.15, 0.2) is 6.10 Å². The Bertz CT molecular complexity index is 433. The van der Waals surface area contributed by atoms with Crippen molar-refractivity contribution in [2.75, 3.05) is 0 Å². The average Bonchev–Trinajstić information content (AvgIpc) is 2.40. The number of hydrogen-bond donors (Lipinski definition) is 1. The first-order valence-corrected chi connectivity index (χ1v) is 4.91. The van der Waals surface area contributed by atoms with Crippen molar-refractivity contribution in [3.63, 3.8) is 0 Å². The lowest BCUT2D eigenvalue weighted by Gasteiger charge is -2.09. The molecule has 1 aromatic rings. The second kappa shape index (κ2) is 4.38. The fourth-order valence-electron chi connectivity index (χ4n) is 1.37. The number of carbonyl (C=O) groups is 2. The molecule has 5 heteroatoms. The van der Waals surface area contributed by atoms with Crippen molar-refractivity contribution in [3.05, 3.63) is 22.6 Å². The van der Waals surface area contributed by atoms with Crippen LogP contribution in [0.3, 0.4) is 0 Å². The Morgan fingerprint density at radius 3 is 2.19 bits per heavy atom. The molecule has 0 spiro atoms. The number of nitrogens with two attached hydrogens (primary N) is 1. The van der Waals surface area contributed by atoms with Gasteiger partial charge in [-0.3, -0.25) is 4.79 Å². The molecule has 0 aliphatic rings. The van der Waals surface area contributed by atoms with Gasteiger partial charge in [-0.1, -0.05) is 0 Å². The molecule has 1 aromatic heterocycles. The maximum atomic E-state index is 11.7. The minimum atomic E-state index is -0.943. The number of rotatable bonds is 3. The van der Waals surface area contributed by atoms with Crippen LogP contribution in [0.4, 0.5) is 0 Å². The van der Waals surface area contributed by atoms with Gasteiger partial charge in [0.1, 0.15) is 17.1 Å². The summed E-state index contributed by atoms with van der Waals surface area (Å²) in [6.45, 7) is 6.62. The summed E-state index contributed by atoms with van der Waals surface area (Å²) in [4.78, 5) is 22.5. The number of ether oxygens (including phenoxy) is 1. The Labute approximate surface area is 93.6 Å². The smallest absolute Gasteiger partial charge is 0.342 e. The maximum absolute atomic E-state index is 11.7. The van der Waals surface area contributed by atoms with Crippen molar-refractivity contribution >= 4 is 11.9 Å². The first-order chi connectivity index (χ1) is 7.34. The lowest BCUT2D eigenvalue weighted by molar-refractivity contribution is -0.125. The van der Waals surface area contributed by atoms with E-state index in [0.717, 1.165) is 5.56 Å². The van der Waals surface area contributed by atoms with Gasteiger partial charge in [0.2, 0.25) is 0 Å².